The van der Waals surface area contributed by atoms with Gasteiger partial charge in [-0.25, -0.2) is 0 Å². The summed E-state index contributed by atoms with van der Waals surface area (Å²) in [4.78, 5) is 30.5. The van der Waals surface area contributed by atoms with Gasteiger partial charge >= 0.3 is 0 Å². The lowest BCUT2D eigenvalue weighted by Crippen LogP contribution is -2.47. The van der Waals surface area contributed by atoms with Crippen molar-refractivity contribution in [1.82, 2.24) is 9.80 Å². The summed E-state index contributed by atoms with van der Waals surface area (Å²) in [6.45, 7) is 9.06. The van der Waals surface area contributed by atoms with Crippen LogP contribution in [0.5, 0.6) is 0 Å². The van der Waals surface area contributed by atoms with Crippen molar-refractivity contribution in [2.24, 2.45) is 5.92 Å². The van der Waals surface area contributed by atoms with Gasteiger partial charge in [-0.3, -0.25) is 9.59 Å². The highest BCUT2D eigenvalue weighted by Gasteiger charge is 2.26. The van der Waals surface area contributed by atoms with Crippen molar-refractivity contribution in [3.63, 3.8) is 0 Å². The molecule has 1 unspecified atom stereocenters. The highest BCUT2D eigenvalue weighted by Crippen LogP contribution is 2.17. The van der Waals surface area contributed by atoms with Crippen molar-refractivity contribution < 1.29 is 9.59 Å². The van der Waals surface area contributed by atoms with Crippen molar-refractivity contribution in [1.29, 1.82) is 0 Å². The molecule has 27 heavy (non-hydrogen) atoms. The van der Waals surface area contributed by atoms with Crippen LogP contribution < -0.4 is 0 Å². The summed E-state index contributed by atoms with van der Waals surface area (Å²) in [5.41, 5.74) is 1.09. The van der Waals surface area contributed by atoms with Gasteiger partial charge < -0.3 is 9.80 Å². The van der Waals surface area contributed by atoms with Gasteiger partial charge in [-0.05, 0) is 30.4 Å². The fourth-order valence-corrected chi connectivity index (χ4v) is 3.59. The van der Waals surface area contributed by atoms with E-state index in [1.54, 1.807) is 16.2 Å². The molecule has 2 rings (SSSR count). The van der Waals surface area contributed by atoms with Gasteiger partial charge in [0.05, 0.1) is 6.54 Å². The largest absolute Gasteiger partial charge is 0.332 e. The zero-order chi connectivity index (χ0) is 19.8. The summed E-state index contributed by atoms with van der Waals surface area (Å²) < 4.78 is 0. The molecule has 0 aliphatic rings. The van der Waals surface area contributed by atoms with Crippen LogP contribution in [0.25, 0.3) is 0 Å². The summed E-state index contributed by atoms with van der Waals surface area (Å²) in [5, 5.41) is 2.02. The van der Waals surface area contributed by atoms with Crippen LogP contribution in [0, 0.1) is 5.92 Å². The van der Waals surface area contributed by atoms with Gasteiger partial charge in [0, 0.05) is 23.4 Å². The molecule has 1 atom stereocenters. The average molecular weight is 387 g/mol. The topological polar surface area (TPSA) is 40.6 Å². The molecule has 1 aromatic heterocycles. The first-order valence-corrected chi connectivity index (χ1v) is 10.4. The Morgan fingerprint density at radius 2 is 1.70 bits per heavy atom. The molecule has 1 aromatic carbocycles. The smallest absolute Gasteiger partial charge is 0.242 e. The number of carbonyl (C=O) groups is 2. The van der Waals surface area contributed by atoms with Crippen LogP contribution in [-0.4, -0.2) is 34.2 Å². The fraction of sp³-hybridized carbons (Fsp3) is 0.455. The van der Waals surface area contributed by atoms with Crippen LogP contribution in [0.1, 0.15) is 44.6 Å². The molecule has 0 aliphatic heterocycles. The monoisotopic (exact) mass is 386 g/mol. The normalized spacial score (nSPS) is 12.0. The molecule has 0 saturated carbocycles. The highest BCUT2D eigenvalue weighted by atomic mass is 32.1. The van der Waals surface area contributed by atoms with E-state index in [2.05, 4.69) is 0 Å². The molecule has 0 bridgehead atoms. The number of thiophene rings is 1. The van der Waals surface area contributed by atoms with E-state index < -0.39 is 0 Å². The first-order chi connectivity index (χ1) is 12.9. The quantitative estimate of drug-likeness (QED) is 0.634. The summed E-state index contributed by atoms with van der Waals surface area (Å²) in [7, 11) is 0. The first kappa shape index (κ1) is 21.2. The second-order valence-corrected chi connectivity index (χ2v) is 8.23. The van der Waals surface area contributed by atoms with E-state index in [1.165, 1.54) is 0 Å². The van der Waals surface area contributed by atoms with E-state index in [0.717, 1.165) is 16.9 Å². The van der Waals surface area contributed by atoms with Crippen LogP contribution in [-0.2, 0) is 22.7 Å². The summed E-state index contributed by atoms with van der Waals surface area (Å²) in [6, 6.07) is 14.1. The minimum atomic E-state index is -0.119. The Morgan fingerprint density at radius 1 is 1.00 bits per heavy atom. The second kappa shape index (κ2) is 10.3. The highest BCUT2D eigenvalue weighted by molar-refractivity contribution is 7.09. The molecule has 0 saturated heterocycles. The molecule has 0 spiro atoms. The predicted molar refractivity (Wildman–Crippen MR) is 111 cm³/mol. The fourth-order valence-electron chi connectivity index (χ4n) is 2.88. The van der Waals surface area contributed by atoms with E-state index in [4.69, 9.17) is 0 Å². The number of hydrogen-bond acceptors (Lipinski definition) is 3. The molecule has 1 heterocycles. The van der Waals surface area contributed by atoms with Crippen molar-refractivity contribution >= 4 is 23.2 Å². The molecule has 4 nitrogen and oxygen atoms in total. The van der Waals surface area contributed by atoms with Gasteiger partial charge in [0.25, 0.3) is 0 Å². The van der Waals surface area contributed by atoms with Crippen LogP contribution in [0.2, 0.25) is 0 Å². The predicted octanol–water partition coefficient (Wildman–Crippen LogP) is 4.56. The molecular weight excluding hydrogens is 356 g/mol. The Kier molecular flexibility index (Phi) is 8.04. The number of rotatable bonds is 9. The summed E-state index contributed by atoms with van der Waals surface area (Å²) in [5.74, 6) is -0.0956. The third-order valence-corrected chi connectivity index (χ3v) is 5.56. The first-order valence-electron chi connectivity index (χ1n) is 9.56. The van der Waals surface area contributed by atoms with Crippen molar-refractivity contribution in [3.05, 3.63) is 58.3 Å². The molecule has 0 fully saturated rings. The second-order valence-electron chi connectivity index (χ2n) is 7.19. The number of benzene rings is 1. The van der Waals surface area contributed by atoms with Gasteiger partial charge in [0.1, 0.15) is 6.54 Å². The summed E-state index contributed by atoms with van der Waals surface area (Å²) in [6.07, 6.45) is 0.829. The lowest BCUT2D eigenvalue weighted by Gasteiger charge is -2.32. The summed E-state index contributed by atoms with van der Waals surface area (Å²) >= 11 is 1.65. The van der Waals surface area contributed by atoms with Gasteiger partial charge in [-0.15, -0.1) is 11.3 Å². The zero-order valence-corrected chi connectivity index (χ0v) is 17.5. The van der Waals surface area contributed by atoms with Crippen LogP contribution >= 0.6 is 11.3 Å². The van der Waals surface area contributed by atoms with Crippen LogP contribution in [0.4, 0.5) is 0 Å². The maximum Gasteiger partial charge on any atom is 0.242 e. The number of nitrogens with zero attached hydrogens (tertiary/aromatic N) is 2. The number of carbonyl (C=O) groups excluding carboxylic acids is 2. The Bertz CT molecular complexity index is 713. The van der Waals surface area contributed by atoms with E-state index >= 15 is 0 Å². The third kappa shape index (κ3) is 6.21. The molecule has 5 heteroatoms. The van der Waals surface area contributed by atoms with Gasteiger partial charge in [0.2, 0.25) is 11.8 Å². The van der Waals surface area contributed by atoms with Crippen molar-refractivity contribution in [2.75, 3.05) is 6.54 Å². The minimum absolute atomic E-state index is 0.0125. The van der Waals surface area contributed by atoms with Crippen molar-refractivity contribution in [2.45, 2.75) is 53.2 Å². The van der Waals surface area contributed by atoms with E-state index in [1.807, 2.05) is 80.4 Å². The standard InChI is InChI=1S/C22H30N2O2S/c1-5-18(4)24(22(26)17(2)3)16-21(25)23(15-20-12-9-13-27-20)14-19-10-7-6-8-11-19/h6-13,17-18H,5,14-16H2,1-4H3. The molecule has 0 aliphatic carbocycles. The molecular formula is C22H30N2O2S. The van der Waals surface area contributed by atoms with E-state index in [9.17, 15) is 9.59 Å². The molecule has 2 amide bonds. The number of amides is 2. The van der Waals surface area contributed by atoms with Crippen LogP contribution in [0.3, 0.4) is 0 Å². The lowest BCUT2D eigenvalue weighted by molar-refractivity contribution is -0.144. The maximum absolute atomic E-state index is 13.2. The minimum Gasteiger partial charge on any atom is -0.332 e. The Labute approximate surface area is 166 Å². The van der Waals surface area contributed by atoms with Crippen molar-refractivity contribution in [3.8, 4) is 0 Å². The van der Waals surface area contributed by atoms with E-state index in [0.29, 0.717) is 13.1 Å². The average Bonchev–Trinajstić information content (AvgIpc) is 3.18. The lowest BCUT2D eigenvalue weighted by atomic mass is 10.1. The van der Waals surface area contributed by atoms with Crippen LogP contribution in [0.15, 0.2) is 47.8 Å². The third-order valence-electron chi connectivity index (χ3n) is 4.70. The maximum atomic E-state index is 13.2. The SMILES string of the molecule is CCC(C)N(CC(=O)N(Cc1ccccc1)Cc1cccs1)C(=O)C(C)C. The molecule has 146 valence electrons. The zero-order valence-electron chi connectivity index (χ0n) is 16.7. The Morgan fingerprint density at radius 3 is 2.26 bits per heavy atom. The molecule has 0 radical (unpaired) electrons. The van der Waals surface area contributed by atoms with E-state index in [-0.39, 0.29) is 30.3 Å². The number of hydrogen-bond donors (Lipinski definition) is 0. The Hall–Kier alpha value is -2.14. The molecule has 0 N–H and O–H groups in total. The van der Waals surface area contributed by atoms with Gasteiger partial charge in [-0.2, -0.15) is 0 Å². The van der Waals surface area contributed by atoms with Gasteiger partial charge in [0.15, 0.2) is 0 Å². The van der Waals surface area contributed by atoms with Gasteiger partial charge in [-0.1, -0.05) is 57.2 Å². The Balaban J connectivity index is 2.18. The molecule has 2 aromatic rings.